The fourth-order valence-electron chi connectivity index (χ4n) is 2.42. The quantitative estimate of drug-likeness (QED) is 0.840. The summed E-state index contributed by atoms with van der Waals surface area (Å²) >= 11 is 0. The van der Waals surface area contributed by atoms with Crippen molar-refractivity contribution in [3.63, 3.8) is 0 Å². The number of hydrogen-bond donors (Lipinski definition) is 1. The Bertz CT molecular complexity index is 364. The van der Waals surface area contributed by atoms with Crippen molar-refractivity contribution in [1.29, 1.82) is 0 Å². The Hall–Kier alpha value is -0.930. The number of hydrogen-bond acceptors (Lipinski definition) is 3. The monoisotopic (exact) mass is 249 g/mol. The van der Waals surface area contributed by atoms with Crippen molar-refractivity contribution in [2.24, 2.45) is 0 Å². The molecule has 0 spiro atoms. The van der Waals surface area contributed by atoms with Gasteiger partial charge in [0.05, 0.1) is 0 Å². The van der Waals surface area contributed by atoms with Crippen molar-refractivity contribution in [3.05, 3.63) is 28.6 Å². The van der Waals surface area contributed by atoms with E-state index < -0.39 is 0 Å². The first-order valence-electron chi connectivity index (χ1n) is 6.82. The summed E-state index contributed by atoms with van der Waals surface area (Å²) in [6, 6.07) is 2.53. The molecule has 1 atom stereocenters. The molecule has 1 N–H and O–H groups in total. The van der Waals surface area contributed by atoms with E-state index in [-0.39, 0.29) is 0 Å². The van der Waals surface area contributed by atoms with E-state index in [4.69, 9.17) is 0 Å². The molecule has 0 saturated carbocycles. The second-order valence-electron chi connectivity index (χ2n) is 5.15. The van der Waals surface area contributed by atoms with E-state index in [1.54, 1.807) is 0 Å². The molecule has 1 aromatic heterocycles. The van der Waals surface area contributed by atoms with Crippen LogP contribution < -0.4 is 5.32 Å². The van der Waals surface area contributed by atoms with Crippen LogP contribution in [0.25, 0.3) is 0 Å². The molecule has 102 valence electrons. The number of aromatic nitrogens is 1. The highest BCUT2D eigenvalue weighted by atomic mass is 15.1. The van der Waals surface area contributed by atoms with Gasteiger partial charge in [-0.15, -0.1) is 0 Å². The smallest absolute Gasteiger partial charge is 0.0426 e. The highest BCUT2D eigenvalue weighted by Gasteiger charge is 2.12. The van der Waals surface area contributed by atoms with E-state index in [0.29, 0.717) is 6.04 Å². The van der Waals surface area contributed by atoms with Crippen molar-refractivity contribution < 1.29 is 0 Å². The molecule has 0 fully saturated rings. The summed E-state index contributed by atoms with van der Waals surface area (Å²) < 4.78 is 0. The van der Waals surface area contributed by atoms with Gasteiger partial charge >= 0.3 is 0 Å². The summed E-state index contributed by atoms with van der Waals surface area (Å²) in [7, 11) is 2.15. The van der Waals surface area contributed by atoms with Gasteiger partial charge in [-0.05, 0) is 58.5 Å². The first-order valence-corrected chi connectivity index (χ1v) is 6.82. The van der Waals surface area contributed by atoms with Crippen molar-refractivity contribution in [2.45, 2.75) is 40.7 Å². The molecule has 0 bridgehead atoms. The van der Waals surface area contributed by atoms with Gasteiger partial charge in [0.15, 0.2) is 0 Å². The van der Waals surface area contributed by atoms with Crippen LogP contribution >= 0.6 is 0 Å². The molecule has 1 heterocycles. The Morgan fingerprint density at radius 2 is 2.00 bits per heavy atom. The van der Waals surface area contributed by atoms with Crippen molar-refractivity contribution in [2.75, 3.05) is 26.7 Å². The summed E-state index contributed by atoms with van der Waals surface area (Å²) in [5.74, 6) is 0. The van der Waals surface area contributed by atoms with Gasteiger partial charge in [0.1, 0.15) is 0 Å². The molecule has 1 unspecified atom stereocenters. The van der Waals surface area contributed by atoms with Crippen LogP contribution in [0.5, 0.6) is 0 Å². The highest BCUT2D eigenvalue weighted by molar-refractivity contribution is 5.33. The van der Waals surface area contributed by atoms with Gasteiger partial charge in [-0.2, -0.15) is 0 Å². The third kappa shape index (κ3) is 4.07. The average Bonchev–Trinajstić information content (AvgIpc) is 2.27. The summed E-state index contributed by atoms with van der Waals surface area (Å²) in [6.07, 6.45) is 0. The van der Waals surface area contributed by atoms with Crippen LogP contribution in [-0.2, 0) is 0 Å². The standard InChI is InChI=1S/C15H27N3/c1-7-18(6)9-8-16-13(4)15-11(2)10-12(3)17-14(15)5/h10,13,16H,7-9H2,1-6H3. The number of nitrogens with one attached hydrogen (secondary N) is 1. The normalized spacial score (nSPS) is 13.1. The van der Waals surface area contributed by atoms with Crippen molar-refractivity contribution >= 4 is 0 Å². The molecule has 18 heavy (non-hydrogen) atoms. The fourth-order valence-corrected chi connectivity index (χ4v) is 2.42. The van der Waals surface area contributed by atoms with Gasteiger partial charge in [-0.25, -0.2) is 0 Å². The lowest BCUT2D eigenvalue weighted by Gasteiger charge is -2.21. The van der Waals surface area contributed by atoms with Gasteiger partial charge in [0.25, 0.3) is 0 Å². The maximum absolute atomic E-state index is 4.56. The zero-order valence-electron chi connectivity index (χ0n) is 12.7. The molecule has 0 aliphatic heterocycles. The maximum Gasteiger partial charge on any atom is 0.0426 e. The zero-order chi connectivity index (χ0) is 13.7. The SMILES string of the molecule is CCN(C)CCNC(C)c1c(C)cc(C)nc1C. The van der Waals surface area contributed by atoms with Crippen molar-refractivity contribution in [1.82, 2.24) is 15.2 Å². The van der Waals surface area contributed by atoms with E-state index in [1.807, 2.05) is 0 Å². The summed E-state index contributed by atoms with van der Waals surface area (Å²) in [6.45, 7) is 13.9. The Morgan fingerprint density at radius 1 is 1.33 bits per heavy atom. The largest absolute Gasteiger partial charge is 0.309 e. The minimum Gasteiger partial charge on any atom is -0.309 e. The van der Waals surface area contributed by atoms with Gasteiger partial charge in [0.2, 0.25) is 0 Å². The lowest BCUT2D eigenvalue weighted by molar-refractivity contribution is 0.342. The van der Waals surface area contributed by atoms with E-state index in [2.05, 4.69) is 62.9 Å². The molecule has 3 nitrogen and oxygen atoms in total. The molecule has 3 heteroatoms. The van der Waals surface area contributed by atoms with Gasteiger partial charge in [0, 0.05) is 30.5 Å². The van der Waals surface area contributed by atoms with Crippen LogP contribution in [-0.4, -0.2) is 36.6 Å². The van der Waals surface area contributed by atoms with Crippen LogP contribution in [0.4, 0.5) is 0 Å². The Kier molecular flexibility index (Phi) is 5.76. The minimum absolute atomic E-state index is 0.364. The molecular formula is C15H27N3. The van der Waals surface area contributed by atoms with Gasteiger partial charge < -0.3 is 10.2 Å². The van der Waals surface area contributed by atoms with Crippen LogP contribution in [0.2, 0.25) is 0 Å². The topological polar surface area (TPSA) is 28.2 Å². The molecule has 0 radical (unpaired) electrons. The zero-order valence-corrected chi connectivity index (χ0v) is 12.7. The molecular weight excluding hydrogens is 222 g/mol. The molecule has 0 aliphatic carbocycles. The predicted molar refractivity (Wildman–Crippen MR) is 78.0 cm³/mol. The number of aryl methyl sites for hydroxylation is 3. The molecule has 0 amide bonds. The lowest BCUT2D eigenvalue weighted by atomic mass is 10.0. The lowest BCUT2D eigenvalue weighted by Crippen LogP contribution is -2.31. The second-order valence-corrected chi connectivity index (χ2v) is 5.15. The Morgan fingerprint density at radius 3 is 2.56 bits per heavy atom. The Labute approximate surface area is 112 Å². The molecule has 0 aliphatic rings. The van der Waals surface area contributed by atoms with Crippen LogP contribution in [0, 0.1) is 20.8 Å². The number of nitrogens with zero attached hydrogens (tertiary/aromatic N) is 2. The first kappa shape index (κ1) is 15.1. The third-order valence-electron chi connectivity index (χ3n) is 3.50. The maximum atomic E-state index is 4.56. The van der Waals surface area contributed by atoms with E-state index >= 15 is 0 Å². The van der Waals surface area contributed by atoms with Crippen LogP contribution in [0.1, 0.15) is 42.4 Å². The van der Waals surface area contributed by atoms with Gasteiger partial charge in [-0.3, -0.25) is 4.98 Å². The summed E-state index contributed by atoms with van der Waals surface area (Å²) in [5, 5.41) is 3.58. The van der Waals surface area contributed by atoms with Gasteiger partial charge in [-0.1, -0.05) is 6.92 Å². The average molecular weight is 249 g/mol. The number of likely N-dealkylation sites (N-methyl/N-ethyl adjacent to an activating group) is 1. The van der Waals surface area contributed by atoms with Crippen LogP contribution in [0.15, 0.2) is 6.07 Å². The second kappa shape index (κ2) is 6.86. The predicted octanol–water partition coefficient (Wildman–Crippen LogP) is 2.61. The minimum atomic E-state index is 0.364. The summed E-state index contributed by atoms with van der Waals surface area (Å²) in [5.41, 5.74) is 4.94. The van der Waals surface area contributed by atoms with E-state index in [9.17, 15) is 0 Å². The van der Waals surface area contributed by atoms with Crippen LogP contribution in [0.3, 0.4) is 0 Å². The fraction of sp³-hybridized carbons (Fsp3) is 0.667. The summed E-state index contributed by atoms with van der Waals surface area (Å²) in [4.78, 5) is 6.88. The molecule has 1 aromatic rings. The first-order chi connectivity index (χ1) is 8.45. The third-order valence-corrected chi connectivity index (χ3v) is 3.50. The highest BCUT2D eigenvalue weighted by Crippen LogP contribution is 2.20. The molecule has 1 rings (SSSR count). The molecule has 0 aromatic carbocycles. The Balaban J connectivity index is 2.64. The number of pyridine rings is 1. The van der Waals surface area contributed by atoms with E-state index in [0.717, 1.165) is 31.0 Å². The van der Waals surface area contributed by atoms with Crippen molar-refractivity contribution in [3.8, 4) is 0 Å². The molecule has 0 saturated heterocycles. The van der Waals surface area contributed by atoms with E-state index in [1.165, 1.54) is 11.1 Å². The number of rotatable bonds is 6.